The smallest absolute Gasteiger partial charge is 0.141 e. The first-order valence-electron chi connectivity index (χ1n) is 5.65. The first kappa shape index (κ1) is 13.5. The van der Waals surface area contributed by atoms with E-state index in [4.69, 9.17) is 11.6 Å². The van der Waals surface area contributed by atoms with E-state index in [1.165, 1.54) is 0 Å². The molecule has 1 aromatic heterocycles. The lowest BCUT2D eigenvalue weighted by molar-refractivity contribution is 0.163. The van der Waals surface area contributed by atoms with Crippen LogP contribution < -0.4 is 0 Å². The van der Waals surface area contributed by atoms with Crippen molar-refractivity contribution >= 4 is 11.6 Å². The summed E-state index contributed by atoms with van der Waals surface area (Å²) in [5, 5.41) is 4.21. The van der Waals surface area contributed by atoms with Crippen molar-refractivity contribution in [2.75, 3.05) is 12.9 Å². The molecule has 0 aromatic carbocycles. The van der Waals surface area contributed by atoms with Gasteiger partial charge in [-0.2, -0.15) is 5.10 Å². The molecule has 0 bridgehead atoms. The molecule has 0 atom stereocenters. The molecule has 1 aromatic rings. The minimum absolute atomic E-state index is 0.0233. The molecular weight excluding hydrogens is 224 g/mol. The topological polar surface area (TPSA) is 34.0 Å². The Balaban J connectivity index is 2.69. The molecule has 0 amide bonds. The van der Waals surface area contributed by atoms with E-state index in [-0.39, 0.29) is 5.54 Å². The van der Waals surface area contributed by atoms with Crippen LogP contribution in [-0.4, -0.2) is 38.1 Å². The second-order valence-corrected chi connectivity index (χ2v) is 4.97. The van der Waals surface area contributed by atoms with Crippen LogP contribution in [0.4, 0.5) is 0 Å². The molecule has 0 saturated carbocycles. The Morgan fingerprint density at radius 1 is 1.50 bits per heavy atom. The molecule has 4 nitrogen and oxygen atoms in total. The van der Waals surface area contributed by atoms with Gasteiger partial charge in [-0.3, -0.25) is 4.90 Å². The first-order chi connectivity index (χ1) is 7.51. The van der Waals surface area contributed by atoms with Gasteiger partial charge in [-0.1, -0.05) is 6.92 Å². The van der Waals surface area contributed by atoms with E-state index in [0.29, 0.717) is 5.88 Å². The molecule has 0 aliphatic carbocycles. The van der Waals surface area contributed by atoms with Gasteiger partial charge in [0.1, 0.15) is 12.2 Å². The quantitative estimate of drug-likeness (QED) is 0.719. The van der Waals surface area contributed by atoms with E-state index < -0.39 is 0 Å². The fourth-order valence-electron chi connectivity index (χ4n) is 1.34. The fourth-order valence-corrected chi connectivity index (χ4v) is 1.54. The number of hydrogen-bond acceptors (Lipinski definition) is 3. The Morgan fingerprint density at radius 2 is 2.19 bits per heavy atom. The van der Waals surface area contributed by atoms with Crippen LogP contribution in [0, 0.1) is 0 Å². The second-order valence-electron chi connectivity index (χ2n) is 4.70. The van der Waals surface area contributed by atoms with Crippen LogP contribution in [0.5, 0.6) is 0 Å². The Labute approximate surface area is 103 Å². The fraction of sp³-hybridized carbons (Fsp3) is 0.818. The zero-order valence-electron chi connectivity index (χ0n) is 10.6. The van der Waals surface area contributed by atoms with Crippen LogP contribution in [0.15, 0.2) is 6.33 Å². The van der Waals surface area contributed by atoms with Crippen molar-refractivity contribution in [2.24, 2.45) is 0 Å². The summed E-state index contributed by atoms with van der Waals surface area (Å²) in [5.41, 5.74) is -0.0233. The van der Waals surface area contributed by atoms with E-state index in [0.717, 1.165) is 25.3 Å². The van der Waals surface area contributed by atoms with Crippen LogP contribution in [0.25, 0.3) is 0 Å². The van der Waals surface area contributed by atoms with Crippen LogP contribution in [0.1, 0.15) is 33.0 Å². The Morgan fingerprint density at radius 3 is 2.75 bits per heavy atom. The van der Waals surface area contributed by atoms with Crippen molar-refractivity contribution in [3.05, 3.63) is 12.2 Å². The summed E-state index contributed by atoms with van der Waals surface area (Å²) in [6, 6.07) is 0. The van der Waals surface area contributed by atoms with E-state index in [2.05, 4.69) is 42.8 Å². The highest BCUT2D eigenvalue weighted by Gasteiger charge is 2.23. The molecule has 0 saturated heterocycles. The van der Waals surface area contributed by atoms with Crippen molar-refractivity contribution in [2.45, 2.75) is 45.8 Å². The van der Waals surface area contributed by atoms with Crippen molar-refractivity contribution in [1.29, 1.82) is 0 Å². The van der Waals surface area contributed by atoms with Crippen molar-refractivity contribution in [3.8, 4) is 0 Å². The van der Waals surface area contributed by atoms with Crippen molar-refractivity contribution in [1.82, 2.24) is 19.7 Å². The molecule has 0 unspecified atom stereocenters. The monoisotopic (exact) mass is 244 g/mol. The standard InChI is InChI=1S/C11H21ClN4/c1-5-6-16-10(13-9-14-16)7-15(4)11(2,3)8-12/h9H,5-8H2,1-4H3. The molecule has 92 valence electrons. The normalized spacial score (nSPS) is 12.4. The molecule has 0 N–H and O–H groups in total. The Bertz CT molecular complexity index is 322. The lowest BCUT2D eigenvalue weighted by Gasteiger charge is -2.33. The number of nitrogens with zero attached hydrogens (tertiary/aromatic N) is 4. The molecule has 16 heavy (non-hydrogen) atoms. The van der Waals surface area contributed by atoms with E-state index in [1.54, 1.807) is 6.33 Å². The van der Waals surface area contributed by atoms with Crippen molar-refractivity contribution in [3.63, 3.8) is 0 Å². The molecule has 0 spiro atoms. The van der Waals surface area contributed by atoms with Gasteiger partial charge in [-0.05, 0) is 27.3 Å². The Kier molecular flexibility index (Phi) is 4.74. The van der Waals surface area contributed by atoms with Gasteiger partial charge in [0.05, 0.1) is 6.54 Å². The second kappa shape index (κ2) is 5.64. The summed E-state index contributed by atoms with van der Waals surface area (Å²) in [5.74, 6) is 1.60. The number of aryl methyl sites for hydroxylation is 1. The van der Waals surface area contributed by atoms with Gasteiger partial charge in [0, 0.05) is 18.0 Å². The highest BCUT2D eigenvalue weighted by atomic mass is 35.5. The predicted octanol–water partition coefficient (Wildman–Crippen LogP) is 2.14. The average Bonchev–Trinajstić information content (AvgIpc) is 2.66. The van der Waals surface area contributed by atoms with Gasteiger partial charge in [-0.25, -0.2) is 9.67 Å². The summed E-state index contributed by atoms with van der Waals surface area (Å²) in [4.78, 5) is 6.49. The van der Waals surface area contributed by atoms with E-state index >= 15 is 0 Å². The zero-order valence-corrected chi connectivity index (χ0v) is 11.3. The third-order valence-electron chi connectivity index (χ3n) is 2.87. The maximum absolute atomic E-state index is 5.94. The van der Waals surface area contributed by atoms with Crippen LogP contribution >= 0.6 is 11.6 Å². The van der Waals surface area contributed by atoms with E-state index in [9.17, 15) is 0 Å². The molecule has 0 aliphatic rings. The van der Waals surface area contributed by atoms with E-state index in [1.807, 2.05) is 4.68 Å². The predicted molar refractivity (Wildman–Crippen MR) is 66.6 cm³/mol. The summed E-state index contributed by atoms with van der Waals surface area (Å²) in [6.07, 6.45) is 2.69. The zero-order chi connectivity index (χ0) is 12.2. The van der Waals surface area contributed by atoms with Gasteiger partial charge in [0.25, 0.3) is 0 Å². The lowest BCUT2D eigenvalue weighted by atomic mass is 10.1. The largest absolute Gasteiger partial charge is 0.293 e. The van der Waals surface area contributed by atoms with Crippen LogP contribution in [-0.2, 0) is 13.1 Å². The van der Waals surface area contributed by atoms with Gasteiger partial charge < -0.3 is 0 Å². The summed E-state index contributed by atoms with van der Waals surface area (Å²) in [7, 11) is 2.06. The molecule has 1 heterocycles. The van der Waals surface area contributed by atoms with Gasteiger partial charge in [0.2, 0.25) is 0 Å². The third kappa shape index (κ3) is 3.19. The number of alkyl halides is 1. The molecule has 0 radical (unpaired) electrons. The van der Waals surface area contributed by atoms with Gasteiger partial charge in [-0.15, -0.1) is 11.6 Å². The van der Waals surface area contributed by atoms with Crippen molar-refractivity contribution < 1.29 is 0 Å². The minimum atomic E-state index is -0.0233. The number of rotatable bonds is 6. The van der Waals surface area contributed by atoms with Gasteiger partial charge >= 0.3 is 0 Å². The van der Waals surface area contributed by atoms with Crippen LogP contribution in [0.2, 0.25) is 0 Å². The Hall–Kier alpha value is -0.610. The number of hydrogen-bond donors (Lipinski definition) is 0. The molecule has 0 aliphatic heterocycles. The highest BCUT2D eigenvalue weighted by molar-refractivity contribution is 6.18. The van der Waals surface area contributed by atoms with Gasteiger partial charge in [0.15, 0.2) is 0 Å². The SMILES string of the molecule is CCCn1ncnc1CN(C)C(C)(C)CCl. The molecule has 1 rings (SSSR count). The number of halogens is 1. The minimum Gasteiger partial charge on any atom is -0.293 e. The first-order valence-corrected chi connectivity index (χ1v) is 6.18. The molecular formula is C11H21ClN4. The average molecular weight is 245 g/mol. The maximum atomic E-state index is 5.94. The van der Waals surface area contributed by atoms with Crippen LogP contribution in [0.3, 0.4) is 0 Å². The molecule has 5 heteroatoms. The summed E-state index contributed by atoms with van der Waals surface area (Å²) >= 11 is 5.94. The number of aromatic nitrogens is 3. The molecule has 0 fully saturated rings. The third-order valence-corrected chi connectivity index (χ3v) is 3.52. The lowest BCUT2D eigenvalue weighted by Crippen LogP contribution is -2.42. The summed E-state index contributed by atoms with van der Waals surface area (Å²) < 4.78 is 1.96. The highest BCUT2D eigenvalue weighted by Crippen LogP contribution is 2.16. The summed E-state index contributed by atoms with van der Waals surface area (Å²) in [6.45, 7) is 8.09. The maximum Gasteiger partial charge on any atom is 0.141 e.